The van der Waals surface area contributed by atoms with Crippen LogP contribution in [0.3, 0.4) is 0 Å². The summed E-state index contributed by atoms with van der Waals surface area (Å²) in [6.45, 7) is 6.87. The zero-order chi connectivity index (χ0) is 10.2. The number of nitrogens with zero attached hydrogens (tertiary/aromatic N) is 1. The van der Waals surface area contributed by atoms with E-state index in [4.69, 9.17) is 0 Å². The monoisotopic (exact) mass is 199 g/mol. The number of carbonyl (C=O) groups is 1. The van der Waals surface area contributed by atoms with Gasteiger partial charge >= 0.3 is 6.03 Å². The summed E-state index contributed by atoms with van der Waals surface area (Å²) in [7, 11) is 0. The molecule has 1 heterocycles. The fourth-order valence-corrected chi connectivity index (χ4v) is 1.62. The van der Waals surface area contributed by atoms with E-state index in [9.17, 15) is 4.79 Å². The number of nitrogens with one attached hydrogen (secondary N) is 2. The SMILES string of the molecule is CCNCCCCN1CCCNC1=O. The summed E-state index contributed by atoms with van der Waals surface area (Å²) in [6, 6.07) is 0.111. The summed E-state index contributed by atoms with van der Waals surface area (Å²) in [5.74, 6) is 0. The highest BCUT2D eigenvalue weighted by Gasteiger charge is 2.15. The van der Waals surface area contributed by atoms with Crippen LogP contribution in [0.5, 0.6) is 0 Å². The molecule has 14 heavy (non-hydrogen) atoms. The Morgan fingerprint density at radius 3 is 3.07 bits per heavy atom. The maximum atomic E-state index is 11.3. The second-order valence-electron chi connectivity index (χ2n) is 3.63. The van der Waals surface area contributed by atoms with E-state index in [1.165, 1.54) is 0 Å². The van der Waals surface area contributed by atoms with E-state index in [-0.39, 0.29) is 6.03 Å². The van der Waals surface area contributed by atoms with E-state index in [1.807, 2.05) is 4.90 Å². The van der Waals surface area contributed by atoms with Gasteiger partial charge in [-0.1, -0.05) is 6.92 Å². The Labute approximate surface area is 86.0 Å². The Balaban J connectivity index is 2.02. The molecular weight excluding hydrogens is 178 g/mol. The first kappa shape index (κ1) is 11.3. The summed E-state index contributed by atoms with van der Waals surface area (Å²) < 4.78 is 0. The topological polar surface area (TPSA) is 44.4 Å². The van der Waals surface area contributed by atoms with Gasteiger partial charge in [0.25, 0.3) is 0 Å². The molecule has 0 spiro atoms. The summed E-state index contributed by atoms with van der Waals surface area (Å²) >= 11 is 0. The van der Waals surface area contributed by atoms with E-state index >= 15 is 0 Å². The zero-order valence-corrected chi connectivity index (χ0v) is 9.01. The van der Waals surface area contributed by atoms with Crippen LogP contribution >= 0.6 is 0 Å². The normalized spacial score (nSPS) is 16.9. The lowest BCUT2D eigenvalue weighted by atomic mass is 10.2. The lowest BCUT2D eigenvalue weighted by molar-refractivity contribution is 0.185. The number of unbranched alkanes of at least 4 members (excludes halogenated alkanes) is 1. The van der Waals surface area contributed by atoms with Gasteiger partial charge in [-0.3, -0.25) is 0 Å². The van der Waals surface area contributed by atoms with Gasteiger partial charge in [0.1, 0.15) is 0 Å². The predicted octanol–water partition coefficient (Wildman–Crippen LogP) is 0.791. The van der Waals surface area contributed by atoms with Gasteiger partial charge in [-0.2, -0.15) is 0 Å². The van der Waals surface area contributed by atoms with Gasteiger partial charge in [0.15, 0.2) is 0 Å². The van der Waals surface area contributed by atoms with E-state index in [0.717, 1.165) is 52.0 Å². The third-order valence-corrected chi connectivity index (χ3v) is 2.45. The van der Waals surface area contributed by atoms with Gasteiger partial charge in [-0.05, 0) is 32.4 Å². The van der Waals surface area contributed by atoms with Gasteiger partial charge in [0.05, 0.1) is 0 Å². The highest BCUT2D eigenvalue weighted by atomic mass is 16.2. The van der Waals surface area contributed by atoms with Crippen LogP contribution in [0.2, 0.25) is 0 Å². The van der Waals surface area contributed by atoms with Crippen molar-refractivity contribution < 1.29 is 4.79 Å². The molecule has 0 aromatic carbocycles. The molecule has 0 radical (unpaired) electrons. The Morgan fingerprint density at radius 2 is 2.36 bits per heavy atom. The van der Waals surface area contributed by atoms with Gasteiger partial charge in [-0.15, -0.1) is 0 Å². The molecule has 1 aliphatic rings. The predicted molar refractivity (Wildman–Crippen MR) is 57.4 cm³/mol. The van der Waals surface area contributed by atoms with Crippen LogP contribution in [0.1, 0.15) is 26.2 Å². The highest BCUT2D eigenvalue weighted by Crippen LogP contribution is 2.01. The first-order chi connectivity index (χ1) is 6.84. The van der Waals surface area contributed by atoms with Crippen molar-refractivity contribution in [3.05, 3.63) is 0 Å². The first-order valence-electron chi connectivity index (χ1n) is 5.58. The Morgan fingerprint density at radius 1 is 1.50 bits per heavy atom. The van der Waals surface area contributed by atoms with E-state index in [0.29, 0.717) is 0 Å². The summed E-state index contributed by atoms with van der Waals surface area (Å²) in [5.41, 5.74) is 0. The van der Waals surface area contributed by atoms with Crippen molar-refractivity contribution in [3.8, 4) is 0 Å². The number of rotatable bonds is 6. The second-order valence-corrected chi connectivity index (χ2v) is 3.63. The molecule has 4 nitrogen and oxygen atoms in total. The molecule has 1 fully saturated rings. The third-order valence-electron chi connectivity index (χ3n) is 2.45. The molecular formula is C10H21N3O. The molecule has 1 saturated heterocycles. The van der Waals surface area contributed by atoms with Crippen LogP contribution in [0.15, 0.2) is 0 Å². The average molecular weight is 199 g/mol. The van der Waals surface area contributed by atoms with Gasteiger partial charge in [0, 0.05) is 19.6 Å². The fourth-order valence-electron chi connectivity index (χ4n) is 1.62. The minimum absolute atomic E-state index is 0.111. The van der Waals surface area contributed by atoms with Crippen molar-refractivity contribution in [3.63, 3.8) is 0 Å². The fraction of sp³-hybridized carbons (Fsp3) is 0.900. The molecule has 1 aliphatic heterocycles. The number of urea groups is 1. The van der Waals surface area contributed by atoms with E-state index < -0.39 is 0 Å². The quantitative estimate of drug-likeness (QED) is 0.621. The molecule has 0 aromatic rings. The van der Waals surface area contributed by atoms with Gasteiger partial charge < -0.3 is 15.5 Å². The summed E-state index contributed by atoms with van der Waals surface area (Å²) in [5, 5.41) is 6.13. The molecule has 0 atom stereocenters. The van der Waals surface area contributed by atoms with Crippen molar-refractivity contribution in [2.24, 2.45) is 0 Å². The molecule has 0 aliphatic carbocycles. The minimum Gasteiger partial charge on any atom is -0.338 e. The molecule has 0 saturated carbocycles. The highest BCUT2D eigenvalue weighted by molar-refractivity contribution is 5.74. The molecule has 0 unspecified atom stereocenters. The maximum Gasteiger partial charge on any atom is 0.317 e. The van der Waals surface area contributed by atoms with Crippen molar-refractivity contribution >= 4 is 6.03 Å². The lowest BCUT2D eigenvalue weighted by Gasteiger charge is -2.27. The van der Waals surface area contributed by atoms with E-state index in [1.54, 1.807) is 0 Å². The van der Waals surface area contributed by atoms with Crippen molar-refractivity contribution in [1.82, 2.24) is 15.5 Å². The lowest BCUT2D eigenvalue weighted by Crippen LogP contribution is -2.46. The summed E-state index contributed by atoms with van der Waals surface area (Å²) in [4.78, 5) is 13.2. The number of carbonyl (C=O) groups excluding carboxylic acids is 1. The Hall–Kier alpha value is -0.770. The largest absolute Gasteiger partial charge is 0.338 e. The number of hydrogen-bond donors (Lipinski definition) is 2. The van der Waals surface area contributed by atoms with Crippen LogP contribution in [-0.4, -0.2) is 43.7 Å². The van der Waals surface area contributed by atoms with Crippen molar-refractivity contribution in [2.45, 2.75) is 26.2 Å². The molecule has 0 bridgehead atoms. The van der Waals surface area contributed by atoms with Gasteiger partial charge in [-0.25, -0.2) is 4.79 Å². The first-order valence-corrected chi connectivity index (χ1v) is 5.58. The molecule has 82 valence electrons. The molecule has 0 aromatic heterocycles. The number of hydrogen-bond acceptors (Lipinski definition) is 2. The molecule has 4 heteroatoms. The van der Waals surface area contributed by atoms with Crippen molar-refractivity contribution in [1.29, 1.82) is 0 Å². The Kier molecular flexibility index (Phi) is 5.37. The molecule has 2 amide bonds. The molecule has 1 rings (SSSR count). The maximum absolute atomic E-state index is 11.3. The Bertz CT molecular complexity index is 173. The zero-order valence-electron chi connectivity index (χ0n) is 9.01. The van der Waals surface area contributed by atoms with Crippen molar-refractivity contribution in [2.75, 3.05) is 32.7 Å². The minimum atomic E-state index is 0.111. The van der Waals surface area contributed by atoms with Gasteiger partial charge in [0.2, 0.25) is 0 Å². The number of amides is 2. The van der Waals surface area contributed by atoms with Crippen LogP contribution in [0.4, 0.5) is 4.79 Å². The second kappa shape index (κ2) is 6.65. The smallest absolute Gasteiger partial charge is 0.317 e. The summed E-state index contributed by atoms with van der Waals surface area (Å²) in [6.07, 6.45) is 3.33. The van der Waals surface area contributed by atoms with Crippen LogP contribution in [0, 0.1) is 0 Å². The third kappa shape index (κ3) is 3.96. The van der Waals surface area contributed by atoms with Crippen LogP contribution in [0.25, 0.3) is 0 Å². The average Bonchev–Trinajstić information content (AvgIpc) is 2.20. The standard InChI is InChI=1S/C10H21N3O/c1-2-11-6-3-4-8-13-9-5-7-12-10(13)14/h11H,2-9H2,1H3,(H,12,14). The van der Waals surface area contributed by atoms with E-state index in [2.05, 4.69) is 17.6 Å². The molecule has 2 N–H and O–H groups in total. The van der Waals surface area contributed by atoms with Crippen LogP contribution < -0.4 is 10.6 Å². The van der Waals surface area contributed by atoms with Crippen LogP contribution in [-0.2, 0) is 0 Å².